The summed E-state index contributed by atoms with van der Waals surface area (Å²) >= 11 is 0. The monoisotopic (exact) mass is 154 g/mol. The van der Waals surface area contributed by atoms with Gasteiger partial charge in [-0.25, -0.2) is 0 Å². The Kier molecular flexibility index (Phi) is 1.19. The number of carbonyl (C=O) groups is 2. The van der Waals surface area contributed by atoms with Gasteiger partial charge in [0.2, 0.25) is 11.8 Å². The Labute approximate surface area is 64.3 Å². The van der Waals surface area contributed by atoms with Crippen molar-refractivity contribution in [1.29, 1.82) is 0 Å². The predicted molar refractivity (Wildman–Crippen MR) is 37.7 cm³/mol. The van der Waals surface area contributed by atoms with E-state index in [-0.39, 0.29) is 11.8 Å². The summed E-state index contributed by atoms with van der Waals surface area (Å²) in [5, 5.41) is 5.41. The van der Waals surface area contributed by atoms with Gasteiger partial charge in [0.05, 0.1) is 0 Å². The second kappa shape index (κ2) is 1.96. The van der Waals surface area contributed by atoms with E-state index >= 15 is 0 Å². The van der Waals surface area contributed by atoms with Gasteiger partial charge in [0.25, 0.3) is 0 Å². The van der Waals surface area contributed by atoms with E-state index in [1.54, 1.807) is 0 Å². The molecule has 0 aromatic heterocycles. The maximum Gasteiger partial charge on any atom is 0.235 e. The third kappa shape index (κ3) is 0.818. The molecule has 0 aromatic rings. The number of nitrogens with one attached hydrogen (secondary N) is 2. The van der Waals surface area contributed by atoms with E-state index in [1.165, 1.54) is 0 Å². The smallest absolute Gasteiger partial charge is 0.235 e. The van der Waals surface area contributed by atoms with Crippen LogP contribution < -0.4 is 10.6 Å². The number of hydrogen-bond donors (Lipinski definition) is 2. The molecule has 1 spiro atoms. The maximum absolute atomic E-state index is 11.2. The largest absolute Gasteiger partial charge is 0.353 e. The Morgan fingerprint density at radius 1 is 1.00 bits per heavy atom. The Hall–Kier alpha value is -1.06. The van der Waals surface area contributed by atoms with Crippen LogP contribution >= 0.6 is 0 Å². The summed E-state index contributed by atoms with van der Waals surface area (Å²) in [6.07, 6.45) is 1.43. The van der Waals surface area contributed by atoms with Gasteiger partial charge in [0.1, 0.15) is 5.41 Å². The molecule has 2 N–H and O–H groups in total. The van der Waals surface area contributed by atoms with Gasteiger partial charge in [0, 0.05) is 13.1 Å². The fourth-order valence-corrected chi connectivity index (χ4v) is 1.37. The van der Waals surface area contributed by atoms with Crippen LogP contribution in [-0.4, -0.2) is 24.9 Å². The SMILES string of the molecule is O=C1NCCNC(=O)C12CC2. The van der Waals surface area contributed by atoms with Gasteiger partial charge in [-0.3, -0.25) is 9.59 Å². The van der Waals surface area contributed by atoms with Gasteiger partial charge in [-0.1, -0.05) is 0 Å². The van der Waals surface area contributed by atoms with Crippen LogP contribution in [0.3, 0.4) is 0 Å². The van der Waals surface area contributed by atoms with Crippen molar-refractivity contribution in [1.82, 2.24) is 10.6 Å². The third-order valence-corrected chi connectivity index (χ3v) is 2.32. The molecule has 2 rings (SSSR count). The molecule has 11 heavy (non-hydrogen) atoms. The Morgan fingerprint density at radius 2 is 1.45 bits per heavy atom. The highest BCUT2D eigenvalue weighted by molar-refractivity contribution is 6.08. The van der Waals surface area contributed by atoms with Crippen LogP contribution in [0.2, 0.25) is 0 Å². The van der Waals surface area contributed by atoms with Crippen LogP contribution in [0.15, 0.2) is 0 Å². The molecule has 60 valence electrons. The summed E-state index contributed by atoms with van der Waals surface area (Å²) in [6, 6.07) is 0. The van der Waals surface area contributed by atoms with Gasteiger partial charge < -0.3 is 10.6 Å². The van der Waals surface area contributed by atoms with Crippen molar-refractivity contribution in [3.05, 3.63) is 0 Å². The molecule has 1 saturated carbocycles. The van der Waals surface area contributed by atoms with Gasteiger partial charge in [-0.05, 0) is 12.8 Å². The number of hydrogen-bond acceptors (Lipinski definition) is 2. The van der Waals surface area contributed by atoms with Gasteiger partial charge in [0.15, 0.2) is 0 Å². The zero-order chi connectivity index (χ0) is 7.90. The second-order valence-corrected chi connectivity index (χ2v) is 3.09. The van der Waals surface area contributed by atoms with Crippen LogP contribution in [0.1, 0.15) is 12.8 Å². The quantitative estimate of drug-likeness (QED) is 0.440. The fraction of sp³-hybridized carbons (Fsp3) is 0.714. The topological polar surface area (TPSA) is 58.2 Å². The molecule has 0 radical (unpaired) electrons. The van der Waals surface area contributed by atoms with Crippen molar-refractivity contribution < 1.29 is 9.59 Å². The Bertz CT molecular complexity index is 200. The van der Waals surface area contributed by atoms with Crippen molar-refractivity contribution in [2.45, 2.75) is 12.8 Å². The highest BCUT2D eigenvalue weighted by Gasteiger charge is 2.56. The summed E-state index contributed by atoms with van der Waals surface area (Å²) in [6.45, 7) is 1.12. The van der Waals surface area contributed by atoms with Crippen LogP contribution in [-0.2, 0) is 9.59 Å². The second-order valence-electron chi connectivity index (χ2n) is 3.09. The van der Waals surface area contributed by atoms with Crippen molar-refractivity contribution in [2.75, 3.05) is 13.1 Å². The van der Waals surface area contributed by atoms with E-state index < -0.39 is 5.41 Å². The van der Waals surface area contributed by atoms with Gasteiger partial charge in [-0.2, -0.15) is 0 Å². The van der Waals surface area contributed by atoms with E-state index in [2.05, 4.69) is 10.6 Å². The molecule has 0 atom stereocenters. The van der Waals surface area contributed by atoms with Gasteiger partial charge >= 0.3 is 0 Å². The molecule has 2 aliphatic rings. The lowest BCUT2D eigenvalue weighted by molar-refractivity contribution is -0.135. The standard InChI is InChI=1S/C7H10N2O2/c10-5-7(1-2-7)6(11)9-4-3-8-5/h1-4H2,(H,8,10)(H,9,11). The van der Waals surface area contributed by atoms with E-state index in [9.17, 15) is 9.59 Å². The summed E-state index contributed by atoms with van der Waals surface area (Å²) < 4.78 is 0. The lowest BCUT2D eigenvalue weighted by Crippen LogP contribution is -2.36. The molecule has 2 fully saturated rings. The lowest BCUT2D eigenvalue weighted by atomic mass is 10.1. The first-order valence-corrected chi connectivity index (χ1v) is 3.82. The zero-order valence-corrected chi connectivity index (χ0v) is 6.14. The first-order valence-electron chi connectivity index (χ1n) is 3.82. The molecule has 4 heteroatoms. The van der Waals surface area contributed by atoms with Crippen LogP contribution in [0.25, 0.3) is 0 Å². The van der Waals surface area contributed by atoms with Crippen LogP contribution in [0.5, 0.6) is 0 Å². The van der Waals surface area contributed by atoms with Crippen molar-refractivity contribution in [3.63, 3.8) is 0 Å². The van der Waals surface area contributed by atoms with Crippen molar-refractivity contribution in [2.24, 2.45) is 5.41 Å². The normalized spacial score (nSPS) is 27.3. The van der Waals surface area contributed by atoms with Crippen LogP contribution in [0, 0.1) is 5.41 Å². The molecule has 2 amide bonds. The molecular weight excluding hydrogens is 144 g/mol. The van der Waals surface area contributed by atoms with Crippen molar-refractivity contribution in [3.8, 4) is 0 Å². The van der Waals surface area contributed by atoms with E-state index in [0.29, 0.717) is 25.9 Å². The Morgan fingerprint density at radius 3 is 1.82 bits per heavy atom. The summed E-state index contributed by atoms with van der Waals surface area (Å²) in [4.78, 5) is 22.5. The maximum atomic E-state index is 11.2. The summed E-state index contributed by atoms with van der Waals surface area (Å²) in [5.74, 6) is -0.181. The first-order chi connectivity index (χ1) is 5.26. The first kappa shape index (κ1) is 6.64. The summed E-state index contributed by atoms with van der Waals surface area (Å²) in [7, 11) is 0. The molecule has 4 nitrogen and oxygen atoms in total. The van der Waals surface area contributed by atoms with E-state index in [1.807, 2.05) is 0 Å². The minimum Gasteiger partial charge on any atom is -0.353 e. The number of rotatable bonds is 0. The number of amides is 2. The van der Waals surface area contributed by atoms with E-state index in [0.717, 1.165) is 0 Å². The zero-order valence-electron chi connectivity index (χ0n) is 6.14. The minimum absolute atomic E-state index is 0.0903. The molecule has 1 aliphatic carbocycles. The minimum atomic E-state index is -0.670. The van der Waals surface area contributed by atoms with Gasteiger partial charge in [-0.15, -0.1) is 0 Å². The van der Waals surface area contributed by atoms with Crippen LogP contribution in [0.4, 0.5) is 0 Å². The molecular formula is C7H10N2O2. The highest BCUT2D eigenvalue weighted by atomic mass is 16.2. The van der Waals surface area contributed by atoms with Crippen molar-refractivity contribution >= 4 is 11.8 Å². The molecule has 0 bridgehead atoms. The average Bonchev–Trinajstić information content (AvgIpc) is 2.76. The Balaban J connectivity index is 2.24. The number of carbonyl (C=O) groups excluding carboxylic acids is 2. The third-order valence-electron chi connectivity index (χ3n) is 2.32. The highest BCUT2D eigenvalue weighted by Crippen LogP contribution is 2.46. The lowest BCUT2D eigenvalue weighted by Gasteiger charge is -2.06. The van der Waals surface area contributed by atoms with E-state index in [4.69, 9.17) is 0 Å². The molecule has 1 heterocycles. The molecule has 1 saturated heterocycles. The molecule has 0 aromatic carbocycles. The molecule has 0 unspecified atom stereocenters. The average molecular weight is 154 g/mol. The predicted octanol–water partition coefficient (Wildman–Crippen LogP) is -0.987. The summed E-state index contributed by atoms with van der Waals surface area (Å²) in [5.41, 5.74) is -0.670. The fourth-order valence-electron chi connectivity index (χ4n) is 1.37. The molecule has 1 aliphatic heterocycles.